The molecule has 1 N–H and O–H groups in total. The van der Waals surface area contributed by atoms with Crippen LogP contribution < -0.4 is 5.32 Å². The van der Waals surface area contributed by atoms with Crippen molar-refractivity contribution < 1.29 is 4.79 Å². The third-order valence-electron chi connectivity index (χ3n) is 3.62. The summed E-state index contributed by atoms with van der Waals surface area (Å²) in [4.78, 5) is 16.2. The van der Waals surface area contributed by atoms with Crippen LogP contribution in [-0.2, 0) is 4.79 Å². The SMILES string of the molecule is CSCC[C@H](NC(C)=O)c1nc(C)nn1-c1ccc(C)cc1C. The van der Waals surface area contributed by atoms with E-state index in [1.165, 1.54) is 12.5 Å². The minimum atomic E-state index is -0.137. The van der Waals surface area contributed by atoms with Gasteiger partial charge in [0.1, 0.15) is 5.82 Å². The minimum Gasteiger partial charge on any atom is -0.346 e. The average Bonchev–Trinajstić information content (AvgIpc) is 2.84. The molecule has 1 amide bonds. The van der Waals surface area contributed by atoms with Crippen molar-refractivity contribution in [2.75, 3.05) is 12.0 Å². The zero-order chi connectivity index (χ0) is 17.0. The van der Waals surface area contributed by atoms with Crippen molar-refractivity contribution in [3.8, 4) is 5.69 Å². The van der Waals surface area contributed by atoms with Crippen LogP contribution in [0.4, 0.5) is 0 Å². The Balaban J connectivity index is 2.47. The van der Waals surface area contributed by atoms with Gasteiger partial charge in [-0.1, -0.05) is 17.7 Å². The molecular formula is C17H24N4OS. The highest BCUT2D eigenvalue weighted by Gasteiger charge is 2.21. The van der Waals surface area contributed by atoms with Crippen molar-refractivity contribution in [2.45, 2.75) is 40.2 Å². The highest BCUT2D eigenvalue weighted by atomic mass is 32.2. The van der Waals surface area contributed by atoms with Crippen molar-refractivity contribution in [3.63, 3.8) is 0 Å². The topological polar surface area (TPSA) is 59.8 Å². The lowest BCUT2D eigenvalue weighted by atomic mass is 10.1. The second kappa shape index (κ2) is 7.64. The molecule has 0 fully saturated rings. The summed E-state index contributed by atoms with van der Waals surface area (Å²) in [7, 11) is 0. The summed E-state index contributed by atoms with van der Waals surface area (Å²) < 4.78 is 1.87. The molecule has 2 aromatic rings. The number of hydrogen-bond donors (Lipinski definition) is 1. The number of nitrogens with one attached hydrogen (secondary N) is 1. The van der Waals surface area contributed by atoms with Crippen LogP contribution in [0.5, 0.6) is 0 Å². The molecule has 1 aromatic carbocycles. The van der Waals surface area contributed by atoms with Crippen LogP contribution in [0.25, 0.3) is 5.69 Å². The van der Waals surface area contributed by atoms with E-state index >= 15 is 0 Å². The monoisotopic (exact) mass is 332 g/mol. The molecule has 0 unspecified atom stereocenters. The van der Waals surface area contributed by atoms with Gasteiger partial charge in [-0.2, -0.15) is 16.9 Å². The number of aryl methyl sites for hydroxylation is 3. The number of rotatable bonds is 6. The molecule has 5 nitrogen and oxygen atoms in total. The summed E-state index contributed by atoms with van der Waals surface area (Å²) in [5, 5.41) is 7.56. The van der Waals surface area contributed by atoms with Crippen LogP contribution in [0, 0.1) is 20.8 Å². The van der Waals surface area contributed by atoms with Crippen LogP contribution in [-0.4, -0.2) is 32.7 Å². The van der Waals surface area contributed by atoms with Crippen molar-refractivity contribution in [1.29, 1.82) is 0 Å². The first-order valence-electron chi connectivity index (χ1n) is 7.69. The molecule has 2 rings (SSSR count). The fourth-order valence-corrected chi connectivity index (χ4v) is 3.10. The van der Waals surface area contributed by atoms with E-state index in [1.54, 1.807) is 11.8 Å². The predicted molar refractivity (Wildman–Crippen MR) is 95.1 cm³/mol. The molecule has 1 aromatic heterocycles. The van der Waals surface area contributed by atoms with Gasteiger partial charge >= 0.3 is 0 Å². The van der Waals surface area contributed by atoms with Crippen LogP contribution in [0.15, 0.2) is 18.2 Å². The van der Waals surface area contributed by atoms with Gasteiger partial charge in [0.05, 0.1) is 11.7 Å². The van der Waals surface area contributed by atoms with Crippen LogP contribution in [0.3, 0.4) is 0 Å². The summed E-state index contributed by atoms with van der Waals surface area (Å²) in [6.45, 7) is 7.56. The van der Waals surface area contributed by atoms with E-state index in [0.29, 0.717) is 5.82 Å². The van der Waals surface area contributed by atoms with E-state index in [0.717, 1.165) is 29.2 Å². The summed E-state index contributed by atoms with van der Waals surface area (Å²) in [6, 6.07) is 6.12. The Hall–Kier alpha value is -1.82. The summed E-state index contributed by atoms with van der Waals surface area (Å²) in [6.07, 6.45) is 2.88. The third kappa shape index (κ3) is 4.34. The third-order valence-corrected chi connectivity index (χ3v) is 4.26. The molecule has 0 saturated carbocycles. The summed E-state index contributed by atoms with van der Waals surface area (Å²) in [5.41, 5.74) is 3.36. The van der Waals surface area contributed by atoms with Crippen molar-refractivity contribution in [2.24, 2.45) is 0 Å². The molecule has 0 aliphatic heterocycles. The second-order valence-corrected chi connectivity index (χ2v) is 6.74. The maximum atomic E-state index is 11.6. The lowest BCUT2D eigenvalue weighted by Gasteiger charge is -2.18. The number of nitrogens with zero attached hydrogens (tertiary/aromatic N) is 3. The van der Waals surface area contributed by atoms with E-state index < -0.39 is 0 Å². The lowest BCUT2D eigenvalue weighted by Crippen LogP contribution is -2.29. The molecule has 0 aliphatic carbocycles. The second-order valence-electron chi connectivity index (χ2n) is 5.75. The molecule has 1 atom stereocenters. The standard InChI is InChI=1S/C17H24N4OS/c1-11-6-7-16(12(2)10-11)21-17(18-13(3)20-21)15(8-9-23-5)19-14(4)22/h6-7,10,15H,8-9H2,1-5H3,(H,19,22)/t15-/m0/s1. The first-order chi connectivity index (χ1) is 10.9. The molecular weight excluding hydrogens is 308 g/mol. The van der Waals surface area contributed by atoms with Gasteiger partial charge < -0.3 is 5.32 Å². The summed E-state index contributed by atoms with van der Waals surface area (Å²) >= 11 is 1.76. The molecule has 0 aliphatic rings. The number of hydrogen-bond acceptors (Lipinski definition) is 4. The van der Waals surface area contributed by atoms with E-state index in [1.807, 2.05) is 11.6 Å². The Morgan fingerprint density at radius 2 is 2.09 bits per heavy atom. The van der Waals surface area contributed by atoms with Crippen molar-refractivity contribution in [3.05, 3.63) is 41.0 Å². The molecule has 0 saturated heterocycles. The smallest absolute Gasteiger partial charge is 0.217 e. The van der Waals surface area contributed by atoms with E-state index in [-0.39, 0.29) is 11.9 Å². The minimum absolute atomic E-state index is 0.0519. The Kier molecular flexibility index (Phi) is 5.82. The van der Waals surface area contributed by atoms with Crippen LogP contribution in [0.2, 0.25) is 0 Å². The fraction of sp³-hybridized carbons (Fsp3) is 0.471. The van der Waals surface area contributed by atoms with Gasteiger partial charge in [-0.15, -0.1) is 0 Å². The Bertz CT molecular complexity index is 696. The molecule has 0 spiro atoms. The zero-order valence-electron chi connectivity index (χ0n) is 14.4. The Morgan fingerprint density at radius 1 is 1.35 bits per heavy atom. The van der Waals surface area contributed by atoms with Crippen LogP contribution >= 0.6 is 11.8 Å². The van der Waals surface area contributed by atoms with E-state index in [2.05, 4.69) is 53.7 Å². The molecule has 1 heterocycles. The number of benzene rings is 1. The Morgan fingerprint density at radius 3 is 2.70 bits per heavy atom. The van der Waals surface area contributed by atoms with Gasteiger partial charge in [0.25, 0.3) is 0 Å². The molecule has 124 valence electrons. The number of carbonyl (C=O) groups is 1. The van der Waals surface area contributed by atoms with E-state index in [4.69, 9.17) is 0 Å². The predicted octanol–water partition coefficient (Wildman–Crippen LogP) is 3.12. The number of carbonyl (C=O) groups excluding carboxylic acids is 1. The number of thioether (sulfide) groups is 1. The Labute approximate surface area is 141 Å². The average molecular weight is 332 g/mol. The number of amides is 1. The first-order valence-corrected chi connectivity index (χ1v) is 9.09. The maximum absolute atomic E-state index is 11.6. The summed E-state index contributed by atoms with van der Waals surface area (Å²) in [5.74, 6) is 2.39. The maximum Gasteiger partial charge on any atom is 0.217 e. The molecule has 23 heavy (non-hydrogen) atoms. The lowest BCUT2D eigenvalue weighted by molar-refractivity contribution is -0.119. The largest absolute Gasteiger partial charge is 0.346 e. The van der Waals surface area contributed by atoms with Gasteiger partial charge in [-0.3, -0.25) is 4.79 Å². The number of aromatic nitrogens is 3. The van der Waals surface area contributed by atoms with Crippen LogP contribution in [0.1, 0.15) is 42.2 Å². The molecule has 0 bridgehead atoms. The van der Waals surface area contributed by atoms with Crippen molar-refractivity contribution in [1.82, 2.24) is 20.1 Å². The van der Waals surface area contributed by atoms with Crippen molar-refractivity contribution >= 4 is 17.7 Å². The van der Waals surface area contributed by atoms with E-state index in [9.17, 15) is 4.79 Å². The quantitative estimate of drug-likeness (QED) is 0.883. The highest BCUT2D eigenvalue weighted by molar-refractivity contribution is 7.98. The first kappa shape index (κ1) is 17.5. The fourth-order valence-electron chi connectivity index (χ4n) is 2.62. The normalized spacial score (nSPS) is 12.2. The molecule has 0 radical (unpaired) electrons. The van der Waals surface area contributed by atoms with Gasteiger partial charge in [0, 0.05) is 6.92 Å². The van der Waals surface area contributed by atoms with Gasteiger partial charge in [-0.25, -0.2) is 9.67 Å². The molecule has 6 heteroatoms. The zero-order valence-corrected chi connectivity index (χ0v) is 15.2. The van der Waals surface area contributed by atoms with Gasteiger partial charge in [0.2, 0.25) is 5.91 Å². The van der Waals surface area contributed by atoms with Gasteiger partial charge in [-0.05, 0) is 50.8 Å². The van der Waals surface area contributed by atoms with Gasteiger partial charge in [0.15, 0.2) is 5.82 Å². The highest BCUT2D eigenvalue weighted by Crippen LogP contribution is 2.23.